The molecule has 0 radical (unpaired) electrons. The van der Waals surface area contributed by atoms with Crippen molar-refractivity contribution in [2.75, 3.05) is 24.5 Å². The first-order valence-corrected chi connectivity index (χ1v) is 9.62. The van der Waals surface area contributed by atoms with Gasteiger partial charge in [0.25, 0.3) is 5.91 Å². The van der Waals surface area contributed by atoms with Crippen molar-refractivity contribution in [2.24, 2.45) is 0 Å². The fourth-order valence-corrected chi connectivity index (χ4v) is 4.04. The summed E-state index contributed by atoms with van der Waals surface area (Å²) >= 11 is 8.73. The number of nitrogens with one attached hydrogen (secondary N) is 1. The molecule has 2 heterocycles. The maximum Gasteiger partial charge on any atom is 0.316 e. The van der Waals surface area contributed by atoms with Crippen molar-refractivity contribution in [3.63, 3.8) is 0 Å². The highest BCUT2D eigenvalue weighted by Crippen LogP contribution is 2.34. The molecule has 0 saturated heterocycles. The van der Waals surface area contributed by atoms with Gasteiger partial charge in [-0.2, -0.15) is 0 Å². The molecular formula is C16H14ClNO5S2. The maximum absolute atomic E-state index is 11.8. The van der Waals surface area contributed by atoms with Crippen LogP contribution in [0.25, 0.3) is 0 Å². The number of esters is 1. The van der Waals surface area contributed by atoms with E-state index in [-0.39, 0.29) is 19.2 Å². The minimum Gasteiger partial charge on any atom is -0.455 e. The van der Waals surface area contributed by atoms with Crippen LogP contribution in [0.15, 0.2) is 30.3 Å². The summed E-state index contributed by atoms with van der Waals surface area (Å²) in [5.74, 6) is 1.20. The van der Waals surface area contributed by atoms with Crippen LogP contribution in [-0.2, 0) is 20.1 Å². The fourth-order valence-electron chi connectivity index (χ4n) is 2.02. The highest BCUT2D eigenvalue weighted by atomic mass is 35.5. The summed E-state index contributed by atoms with van der Waals surface area (Å²) in [5, 5.41) is 2.64. The fraction of sp³-hybridized carbons (Fsp3) is 0.250. The predicted octanol–water partition coefficient (Wildman–Crippen LogP) is 3.55. The molecule has 6 nitrogen and oxygen atoms in total. The number of ether oxygens (including phenoxy) is 3. The molecule has 132 valence electrons. The van der Waals surface area contributed by atoms with Crippen molar-refractivity contribution in [3.8, 4) is 11.5 Å². The topological polar surface area (TPSA) is 73.9 Å². The Labute approximate surface area is 157 Å². The van der Waals surface area contributed by atoms with Gasteiger partial charge < -0.3 is 19.5 Å². The summed E-state index contributed by atoms with van der Waals surface area (Å²) in [4.78, 5) is 24.6. The molecule has 1 amide bonds. The third-order valence-corrected chi connectivity index (χ3v) is 5.48. The molecule has 0 unspecified atom stereocenters. The molecule has 2 aromatic rings. The summed E-state index contributed by atoms with van der Waals surface area (Å²) < 4.78 is 16.1. The van der Waals surface area contributed by atoms with Crippen LogP contribution < -0.4 is 14.8 Å². The lowest BCUT2D eigenvalue weighted by atomic mass is 10.3. The number of carbonyl (C=O) groups is 2. The predicted molar refractivity (Wildman–Crippen MR) is 97.6 cm³/mol. The van der Waals surface area contributed by atoms with Crippen molar-refractivity contribution in [3.05, 3.63) is 39.5 Å². The van der Waals surface area contributed by atoms with E-state index in [0.717, 1.165) is 9.21 Å². The van der Waals surface area contributed by atoms with Crippen molar-refractivity contribution >= 4 is 52.3 Å². The molecule has 0 spiro atoms. The molecule has 1 aliphatic heterocycles. The van der Waals surface area contributed by atoms with Crippen LogP contribution in [0.4, 0.5) is 5.69 Å². The second-order valence-corrected chi connectivity index (χ2v) is 7.76. The van der Waals surface area contributed by atoms with Crippen LogP contribution in [0, 0.1) is 0 Å². The number of carbonyl (C=O) groups excluding carboxylic acids is 2. The van der Waals surface area contributed by atoms with E-state index in [9.17, 15) is 9.59 Å². The van der Waals surface area contributed by atoms with E-state index in [4.69, 9.17) is 25.8 Å². The third-order valence-electron chi connectivity index (χ3n) is 3.11. The van der Waals surface area contributed by atoms with Gasteiger partial charge in [-0.25, -0.2) is 0 Å². The van der Waals surface area contributed by atoms with Gasteiger partial charge in [0.05, 0.1) is 10.1 Å². The smallest absolute Gasteiger partial charge is 0.316 e. The van der Waals surface area contributed by atoms with Crippen LogP contribution in [0.1, 0.15) is 4.88 Å². The Morgan fingerprint density at radius 1 is 1.24 bits per heavy atom. The van der Waals surface area contributed by atoms with Crippen LogP contribution in [0.2, 0.25) is 4.34 Å². The Kier molecular flexibility index (Phi) is 6.06. The van der Waals surface area contributed by atoms with Crippen LogP contribution in [0.3, 0.4) is 0 Å². The van der Waals surface area contributed by atoms with Gasteiger partial charge in [0, 0.05) is 22.4 Å². The molecule has 0 aliphatic carbocycles. The van der Waals surface area contributed by atoms with E-state index >= 15 is 0 Å². The zero-order valence-corrected chi connectivity index (χ0v) is 15.3. The van der Waals surface area contributed by atoms with Gasteiger partial charge >= 0.3 is 5.97 Å². The lowest BCUT2D eigenvalue weighted by Gasteiger charge is -2.07. The van der Waals surface area contributed by atoms with Crippen molar-refractivity contribution in [1.29, 1.82) is 0 Å². The number of benzene rings is 1. The normalized spacial score (nSPS) is 12.0. The van der Waals surface area contributed by atoms with Crippen molar-refractivity contribution in [2.45, 2.75) is 5.75 Å². The second-order valence-electron chi connectivity index (χ2n) is 4.98. The number of amides is 1. The van der Waals surface area contributed by atoms with Gasteiger partial charge in [-0.3, -0.25) is 9.59 Å². The van der Waals surface area contributed by atoms with Crippen LogP contribution in [0.5, 0.6) is 11.5 Å². The number of rotatable bonds is 7. The van der Waals surface area contributed by atoms with E-state index in [1.54, 1.807) is 18.2 Å². The zero-order chi connectivity index (χ0) is 17.6. The minimum atomic E-state index is -0.437. The number of halogens is 1. The van der Waals surface area contributed by atoms with Crippen molar-refractivity contribution in [1.82, 2.24) is 0 Å². The van der Waals surface area contributed by atoms with Crippen LogP contribution >= 0.6 is 34.7 Å². The van der Waals surface area contributed by atoms with Gasteiger partial charge in [0.1, 0.15) is 0 Å². The van der Waals surface area contributed by atoms with E-state index in [0.29, 0.717) is 22.9 Å². The van der Waals surface area contributed by atoms with Gasteiger partial charge in [-0.15, -0.1) is 23.1 Å². The van der Waals surface area contributed by atoms with Gasteiger partial charge in [0.2, 0.25) is 6.79 Å². The molecule has 0 atom stereocenters. The van der Waals surface area contributed by atoms with Gasteiger partial charge in [-0.1, -0.05) is 11.6 Å². The molecule has 1 aliphatic rings. The number of fused-ring (bicyclic) bond motifs is 1. The Bertz CT molecular complexity index is 780. The summed E-state index contributed by atoms with van der Waals surface area (Å²) in [5.41, 5.74) is 0.550. The third kappa shape index (κ3) is 5.29. The van der Waals surface area contributed by atoms with E-state index in [2.05, 4.69) is 5.32 Å². The second kappa shape index (κ2) is 8.46. The molecule has 3 rings (SSSR count). The van der Waals surface area contributed by atoms with E-state index in [1.807, 2.05) is 12.1 Å². The van der Waals surface area contributed by atoms with Gasteiger partial charge in [0.15, 0.2) is 18.1 Å². The number of hydrogen-bond acceptors (Lipinski definition) is 7. The Morgan fingerprint density at radius 2 is 2.08 bits per heavy atom. The number of hydrogen-bond donors (Lipinski definition) is 1. The lowest BCUT2D eigenvalue weighted by Crippen LogP contribution is -2.21. The first-order valence-electron chi connectivity index (χ1n) is 7.27. The average molecular weight is 400 g/mol. The summed E-state index contributed by atoms with van der Waals surface area (Å²) in [6.07, 6.45) is 0. The van der Waals surface area contributed by atoms with Crippen molar-refractivity contribution < 1.29 is 23.8 Å². The first kappa shape index (κ1) is 17.9. The molecular weight excluding hydrogens is 386 g/mol. The largest absolute Gasteiger partial charge is 0.455 e. The molecule has 9 heteroatoms. The summed E-state index contributed by atoms with van der Waals surface area (Å²) in [6.45, 7) is -0.168. The molecule has 0 saturated carbocycles. The Morgan fingerprint density at radius 3 is 2.88 bits per heavy atom. The monoisotopic (exact) mass is 399 g/mol. The quantitative estimate of drug-likeness (QED) is 0.718. The van der Waals surface area contributed by atoms with Gasteiger partial charge in [-0.05, 0) is 24.3 Å². The van der Waals surface area contributed by atoms with Crippen LogP contribution in [-0.4, -0.2) is 31.0 Å². The van der Waals surface area contributed by atoms with E-state index < -0.39 is 11.9 Å². The average Bonchev–Trinajstić information content (AvgIpc) is 3.21. The number of thiophene rings is 1. The first-order chi connectivity index (χ1) is 12.1. The molecule has 0 bridgehead atoms. The minimum absolute atomic E-state index is 0.166. The molecule has 1 aromatic carbocycles. The summed E-state index contributed by atoms with van der Waals surface area (Å²) in [7, 11) is 0. The maximum atomic E-state index is 11.8. The highest BCUT2D eigenvalue weighted by molar-refractivity contribution is 7.99. The summed E-state index contributed by atoms with van der Waals surface area (Å²) in [6, 6.07) is 8.79. The SMILES string of the molecule is O=C(COC(=O)CSCc1ccc(Cl)s1)Nc1ccc2c(c1)OCO2. The Balaban J connectivity index is 1.36. The number of anilines is 1. The standard InChI is InChI=1S/C16H14ClNO5S2/c17-14-4-2-11(25-14)7-24-8-16(20)21-6-15(19)18-10-1-3-12-13(5-10)23-9-22-12/h1-5H,6-9H2,(H,18,19). The lowest BCUT2D eigenvalue weighted by molar-refractivity contribution is -0.144. The van der Waals surface area contributed by atoms with E-state index in [1.165, 1.54) is 23.1 Å². The molecule has 1 N–H and O–H groups in total. The Hall–Kier alpha value is -1.90. The molecule has 0 fully saturated rings. The molecule has 1 aromatic heterocycles. The molecule has 25 heavy (non-hydrogen) atoms. The zero-order valence-electron chi connectivity index (χ0n) is 13.0. The highest BCUT2D eigenvalue weighted by Gasteiger charge is 2.14. The number of thioether (sulfide) groups is 1.